The van der Waals surface area contributed by atoms with Gasteiger partial charge >= 0.3 is 40.8 Å². The van der Waals surface area contributed by atoms with Crippen molar-refractivity contribution in [3.8, 4) is 0 Å². The Morgan fingerprint density at radius 2 is 0.182 bits per heavy atom. The van der Waals surface area contributed by atoms with Gasteiger partial charge in [-0.1, -0.05) is 0 Å². The Kier molecular flexibility index (Phi) is 51.8. The molecule has 28 nitrogen and oxygen atoms in total. The predicted molar refractivity (Wildman–Crippen MR) is 70.1 cm³/mol. The number of hydrogen-bond acceptors (Lipinski definition) is 28. The third-order valence-electron chi connectivity index (χ3n) is 1.17. The molecule has 0 spiro atoms. The molecule has 0 aromatic heterocycles. The van der Waals surface area contributed by atoms with Crippen molar-refractivity contribution in [1.29, 1.82) is 0 Å². The van der Waals surface area contributed by atoms with E-state index in [1.807, 2.05) is 0 Å². The number of carboxylic acid groups (broad SMARTS) is 14. The van der Waals surface area contributed by atoms with E-state index in [-0.39, 0.29) is 40.8 Å². The van der Waals surface area contributed by atoms with E-state index in [0.29, 0.717) is 0 Å². The molecule has 0 radical (unpaired) electrons. The first-order valence-corrected chi connectivity index (χ1v) is 7.47. The maximum absolute atomic E-state index is 8.93. The molecule has 0 unspecified atom stereocenters. The summed E-state index contributed by atoms with van der Waals surface area (Å²) in [6.45, 7) is 0. The van der Waals surface area contributed by atoms with Crippen molar-refractivity contribution in [2.75, 3.05) is 0 Å². The smallest absolute Gasteiger partial charge is 0.543 e. The van der Waals surface area contributed by atoms with Gasteiger partial charge in [0.15, 0.2) is 0 Å². The third kappa shape index (κ3) is 91.2. The van der Waals surface area contributed by atoms with Crippen LogP contribution in [-0.4, -0.2) is 83.6 Å². The SMILES string of the molecule is O=C([O-])C(=O)[O-].O=C([O-])C(=O)[O-].O=C([O-])C(=O)[O-].O=C([O-])C(=O)[O-].O=C([O-])C(=O)[O-].O=C([O-])C(=O)[O-].O=C([O-])C(=O)[O-].[Re+7].[Re+7]. The van der Waals surface area contributed by atoms with Crippen molar-refractivity contribution >= 4 is 83.6 Å². The molecule has 0 aromatic rings. The summed E-state index contributed by atoms with van der Waals surface area (Å²) in [5.74, 6) is -30.6. The summed E-state index contributed by atoms with van der Waals surface area (Å²) < 4.78 is 0. The van der Waals surface area contributed by atoms with Crippen LogP contribution in [0.4, 0.5) is 0 Å². The minimum atomic E-state index is -2.19. The fourth-order valence-corrected chi connectivity index (χ4v) is 0. The quantitative estimate of drug-likeness (QED) is 0.203. The molecule has 0 saturated heterocycles. The van der Waals surface area contributed by atoms with Crippen molar-refractivity contribution in [2.24, 2.45) is 0 Å². The van der Waals surface area contributed by atoms with E-state index in [0.717, 1.165) is 0 Å². The Morgan fingerprint density at radius 1 is 0.159 bits per heavy atom. The molecule has 0 heterocycles. The zero-order chi connectivity index (χ0) is 36.1. The number of aliphatic carboxylic acids is 14. The van der Waals surface area contributed by atoms with Crippen LogP contribution < -0.4 is 71.5 Å². The summed E-state index contributed by atoms with van der Waals surface area (Å²) in [5.41, 5.74) is 0. The van der Waals surface area contributed by atoms with E-state index in [9.17, 15) is 0 Å². The summed E-state index contributed by atoms with van der Waals surface area (Å²) in [6, 6.07) is 0. The second-order valence-electron chi connectivity index (χ2n) is 4.02. The molecule has 0 saturated carbocycles. The Labute approximate surface area is 262 Å². The minimum absolute atomic E-state index is 0. The first-order chi connectivity index (χ1) is 18.5. The molecule has 0 fully saturated rings. The number of hydrogen-bond donors (Lipinski definition) is 0. The molecule has 0 rings (SSSR count). The minimum Gasteiger partial charge on any atom is -0.543 e. The zero-order valence-corrected chi connectivity index (χ0v) is 24.6. The fourth-order valence-electron chi connectivity index (χ4n) is 0. The molecule has 0 aliphatic heterocycles. The fraction of sp³-hybridized carbons (Fsp3) is 0. The molecule has 0 amide bonds. The molecule has 238 valence electrons. The van der Waals surface area contributed by atoms with Crippen LogP contribution in [0.3, 0.4) is 0 Å². The molecular formula is C14O28Re2. The summed E-state index contributed by atoms with van der Waals surface area (Å²) in [7, 11) is 0. The molecule has 0 aliphatic carbocycles. The van der Waals surface area contributed by atoms with Crippen molar-refractivity contribution < 1.29 is 179 Å². The van der Waals surface area contributed by atoms with Gasteiger partial charge in [-0.05, 0) is 0 Å². The first kappa shape index (κ1) is 61.8. The van der Waals surface area contributed by atoms with Gasteiger partial charge in [-0.15, -0.1) is 0 Å². The van der Waals surface area contributed by atoms with Gasteiger partial charge in [0, 0.05) is 0 Å². The number of carbonyl (C=O) groups is 14. The average Bonchev–Trinajstić information content (AvgIpc) is 2.80. The van der Waals surface area contributed by atoms with Gasteiger partial charge in [-0.2, -0.15) is 0 Å². The van der Waals surface area contributed by atoms with Crippen LogP contribution in [0, 0.1) is 0 Å². The second-order valence-corrected chi connectivity index (χ2v) is 4.02. The largest absolute Gasteiger partial charge is 7.00 e. The van der Waals surface area contributed by atoms with Gasteiger partial charge in [0.1, 0.15) is 0 Å². The molecular weight excluding hydrogens is 989 g/mol. The van der Waals surface area contributed by atoms with Gasteiger partial charge in [0.25, 0.3) is 0 Å². The third-order valence-corrected chi connectivity index (χ3v) is 1.17. The maximum Gasteiger partial charge on any atom is 7.00 e. The molecule has 0 bridgehead atoms. The second kappa shape index (κ2) is 36.9. The van der Waals surface area contributed by atoms with E-state index < -0.39 is 83.6 Å². The maximum atomic E-state index is 8.93. The van der Waals surface area contributed by atoms with Gasteiger partial charge in [0.05, 0.1) is 83.6 Å². The van der Waals surface area contributed by atoms with E-state index >= 15 is 0 Å². The molecule has 0 N–H and O–H groups in total. The number of carbonyl (C=O) groups excluding carboxylic acids is 14. The van der Waals surface area contributed by atoms with Gasteiger partial charge in [0.2, 0.25) is 0 Å². The van der Waals surface area contributed by atoms with Crippen LogP contribution in [0.25, 0.3) is 0 Å². The predicted octanol–water partition coefficient (Wildman–Crippen LogP) is -24.6. The van der Waals surface area contributed by atoms with Crippen LogP contribution >= 0.6 is 0 Å². The van der Waals surface area contributed by atoms with Crippen LogP contribution in [0.1, 0.15) is 0 Å². The van der Waals surface area contributed by atoms with Gasteiger partial charge < -0.3 is 139 Å². The summed E-state index contributed by atoms with van der Waals surface area (Å²) in [6.07, 6.45) is 0. The van der Waals surface area contributed by atoms with Gasteiger partial charge in [-0.25, -0.2) is 0 Å². The summed E-state index contributed by atoms with van der Waals surface area (Å²) in [4.78, 5) is 125. The molecule has 0 aliphatic rings. The Morgan fingerprint density at radius 3 is 0.182 bits per heavy atom. The van der Waals surface area contributed by atoms with E-state index in [2.05, 4.69) is 0 Å². The zero-order valence-electron chi connectivity index (χ0n) is 19.2. The van der Waals surface area contributed by atoms with E-state index in [1.165, 1.54) is 0 Å². The summed E-state index contributed by atoms with van der Waals surface area (Å²) in [5, 5.41) is 125. The summed E-state index contributed by atoms with van der Waals surface area (Å²) >= 11 is 0. The van der Waals surface area contributed by atoms with Crippen LogP contribution in [0.5, 0.6) is 0 Å². The Hall–Kier alpha value is -6.10. The van der Waals surface area contributed by atoms with E-state index in [1.54, 1.807) is 0 Å². The molecule has 30 heteroatoms. The number of carboxylic acids is 14. The van der Waals surface area contributed by atoms with Crippen LogP contribution in [-0.2, 0) is 108 Å². The molecule has 0 atom stereocenters. The standard InChI is InChI=1S/7C2H2O4.2Re/c7*3-1(4)2(5)6;;/h7*(H,3,4)(H,5,6);;/q;;;;;;;2*+7/p-14. The van der Waals surface area contributed by atoms with Gasteiger partial charge in [-0.3, -0.25) is 0 Å². The van der Waals surface area contributed by atoms with E-state index in [4.69, 9.17) is 139 Å². The monoisotopic (exact) mass is 990 g/mol. The first-order valence-electron chi connectivity index (χ1n) is 7.47. The van der Waals surface area contributed by atoms with Crippen molar-refractivity contribution in [1.82, 2.24) is 0 Å². The average molecular weight is 989 g/mol. The van der Waals surface area contributed by atoms with Crippen LogP contribution in [0.15, 0.2) is 0 Å². The molecule has 0 aromatic carbocycles. The Bertz CT molecular complexity index is 748. The van der Waals surface area contributed by atoms with Crippen molar-refractivity contribution in [2.45, 2.75) is 0 Å². The normalized spacial score (nSPS) is 7.00. The number of rotatable bonds is 0. The Balaban J connectivity index is -0.0000000461. The van der Waals surface area contributed by atoms with Crippen LogP contribution in [0.2, 0.25) is 0 Å². The van der Waals surface area contributed by atoms with Crippen molar-refractivity contribution in [3.63, 3.8) is 0 Å². The molecule has 44 heavy (non-hydrogen) atoms. The van der Waals surface area contributed by atoms with Crippen molar-refractivity contribution in [3.05, 3.63) is 0 Å². The topological polar surface area (TPSA) is 562 Å².